The van der Waals surface area contributed by atoms with Gasteiger partial charge in [-0.15, -0.1) is 0 Å². The number of fused-ring (bicyclic) bond motifs is 1. The van der Waals surface area contributed by atoms with Gasteiger partial charge in [0.15, 0.2) is 12.4 Å². The second kappa shape index (κ2) is 7.58. The van der Waals surface area contributed by atoms with E-state index in [1.165, 1.54) is 0 Å². The van der Waals surface area contributed by atoms with E-state index < -0.39 is 16.6 Å². The number of carboxylic acids is 2. The number of aliphatic carboxylic acids is 2. The van der Waals surface area contributed by atoms with Crippen LogP contribution in [0, 0.1) is 5.21 Å². The molecule has 1 aliphatic heterocycles. The first-order chi connectivity index (χ1) is 11.1. The van der Waals surface area contributed by atoms with Crippen LogP contribution in [0.2, 0.25) is 0 Å². The van der Waals surface area contributed by atoms with E-state index in [1.807, 2.05) is 0 Å². The standard InChI is InChI=1S/C13H12Br4N2O5/c14-8-9(15)11(17)13-12(10(8)16)18(3-1-6(20)21)5-19(13,24)4-2-7(22)23/h1-5H2,(H,20,21)(H,22,23). The third-order valence-electron chi connectivity index (χ3n) is 3.62. The van der Waals surface area contributed by atoms with E-state index in [0.29, 0.717) is 29.3 Å². The summed E-state index contributed by atoms with van der Waals surface area (Å²) in [5, 5.41) is 31.2. The van der Waals surface area contributed by atoms with Gasteiger partial charge in [0.25, 0.3) is 0 Å². The van der Waals surface area contributed by atoms with Gasteiger partial charge < -0.3 is 25.0 Å². The van der Waals surface area contributed by atoms with Gasteiger partial charge in [-0.2, -0.15) is 0 Å². The van der Waals surface area contributed by atoms with E-state index in [2.05, 4.69) is 63.7 Å². The third-order valence-corrected chi connectivity index (χ3v) is 8.35. The molecule has 0 radical (unpaired) electrons. The van der Waals surface area contributed by atoms with Crippen molar-refractivity contribution in [3.05, 3.63) is 23.1 Å². The summed E-state index contributed by atoms with van der Waals surface area (Å²) in [4.78, 5) is 23.5. The molecule has 2 rings (SSSR count). The van der Waals surface area contributed by atoms with E-state index >= 15 is 0 Å². The Kier molecular flexibility index (Phi) is 6.36. The SMILES string of the molecule is O=C(O)CCN1C[N+]([O-])(CCC(=O)O)c2c(Br)c(Br)c(Br)c(Br)c21. The molecule has 24 heavy (non-hydrogen) atoms. The number of quaternary nitrogens is 1. The first-order valence-corrected chi connectivity index (χ1v) is 9.89. The van der Waals surface area contributed by atoms with Crippen LogP contribution in [0.25, 0.3) is 0 Å². The smallest absolute Gasteiger partial charge is 0.309 e. The van der Waals surface area contributed by atoms with Crippen LogP contribution in [0.3, 0.4) is 0 Å². The molecule has 1 aromatic carbocycles. The third kappa shape index (κ3) is 3.80. The number of hydrogen-bond donors (Lipinski definition) is 2. The van der Waals surface area contributed by atoms with Crippen LogP contribution in [0.5, 0.6) is 0 Å². The average Bonchev–Trinajstić information content (AvgIpc) is 2.80. The maximum Gasteiger partial charge on any atom is 0.309 e. The van der Waals surface area contributed by atoms with Crippen molar-refractivity contribution in [2.24, 2.45) is 0 Å². The minimum absolute atomic E-state index is 0.0456. The Morgan fingerprint density at radius 1 is 1.00 bits per heavy atom. The van der Waals surface area contributed by atoms with Crippen molar-refractivity contribution < 1.29 is 19.8 Å². The van der Waals surface area contributed by atoms with Crippen LogP contribution in [0.1, 0.15) is 12.8 Å². The zero-order chi connectivity index (χ0) is 18.2. The lowest BCUT2D eigenvalue weighted by molar-refractivity contribution is -0.137. The lowest BCUT2D eigenvalue weighted by Crippen LogP contribution is -2.47. The number of anilines is 1. The molecule has 0 saturated heterocycles. The van der Waals surface area contributed by atoms with Crippen molar-refractivity contribution >= 4 is 87.0 Å². The summed E-state index contributed by atoms with van der Waals surface area (Å²) in [6.07, 6.45) is -0.413. The van der Waals surface area contributed by atoms with Gasteiger partial charge in [0.2, 0.25) is 0 Å². The number of carbonyl (C=O) groups is 2. The molecule has 11 heteroatoms. The van der Waals surface area contributed by atoms with E-state index in [4.69, 9.17) is 10.2 Å². The maximum atomic E-state index is 13.3. The van der Waals surface area contributed by atoms with E-state index in [-0.39, 0.29) is 32.6 Å². The largest absolute Gasteiger partial charge is 0.626 e. The Morgan fingerprint density at radius 3 is 2.08 bits per heavy atom. The Labute approximate surface area is 171 Å². The van der Waals surface area contributed by atoms with Crippen LogP contribution in [-0.2, 0) is 9.59 Å². The van der Waals surface area contributed by atoms with E-state index in [0.717, 1.165) is 0 Å². The molecule has 1 aromatic rings. The summed E-state index contributed by atoms with van der Waals surface area (Å²) < 4.78 is 1.57. The molecule has 0 bridgehead atoms. The van der Waals surface area contributed by atoms with Gasteiger partial charge in [0.05, 0.1) is 32.8 Å². The fourth-order valence-electron chi connectivity index (χ4n) is 2.56. The summed E-state index contributed by atoms with van der Waals surface area (Å²) in [6.45, 7) is -0.0439. The van der Waals surface area contributed by atoms with Gasteiger partial charge in [-0.25, -0.2) is 0 Å². The number of hydrogen-bond acceptors (Lipinski definition) is 4. The summed E-state index contributed by atoms with van der Waals surface area (Å²) in [7, 11) is 0. The average molecular weight is 596 g/mol. The predicted molar refractivity (Wildman–Crippen MR) is 104 cm³/mol. The molecule has 0 spiro atoms. The van der Waals surface area contributed by atoms with Crippen LogP contribution >= 0.6 is 63.7 Å². The Morgan fingerprint density at radius 2 is 1.54 bits per heavy atom. The molecule has 1 unspecified atom stereocenters. The topological polar surface area (TPSA) is 101 Å². The highest BCUT2D eigenvalue weighted by atomic mass is 79.9. The minimum atomic E-state index is -1.06. The van der Waals surface area contributed by atoms with Crippen LogP contribution in [0.15, 0.2) is 17.9 Å². The van der Waals surface area contributed by atoms with Crippen molar-refractivity contribution in [2.75, 3.05) is 24.7 Å². The Balaban J connectivity index is 2.55. The normalized spacial score (nSPS) is 19.5. The van der Waals surface area contributed by atoms with Crippen molar-refractivity contribution in [1.29, 1.82) is 0 Å². The summed E-state index contributed by atoms with van der Waals surface area (Å²) in [5.74, 6) is -2.02. The van der Waals surface area contributed by atoms with Gasteiger partial charge in [-0.1, -0.05) is 0 Å². The number of halogens is 4. The van der Waals surface area contributed by atoms with Crippen LogP contribution in [0.4, 0.5) is 11.4 Å². The quantitative estimate of drug-likeness (QED) is 0.221. The molecule has 1 atom stereocenters. The van der Waals surface area contributed by atoms with E-state index in [9.17, 15) is 14.8 Å². The van der Waals surface area contributed by atoms with Gasteiger partial charge in [-0.3, -0.25) is 9.59 Å². The first kappa shape index (κ1) is 20.1. The molecule has 0 aliphatic carbocycles. The molecule has 0 fully saturated rings. The molecule has 0 saturated carbocycles. The number of nitrogens with zero attached hydrogens (tertiary/aromatic N) is 2. The van der Waals surface area contributed by atoms with Crippen molar-refractivity contribution in [2.45, 2.75) is 12.8 Å². The van der Waals surface area contributed by atoms with Crippen molar-refractivity contribution in [1.82, 2.24) is 4.65 Å². The predicted octanol–water partition coefficient (Wildman–Crippen LogP) is 4.27. The van der Waals surface area contributed by atoms with Crippen LogP contribution in [-0.4, -0.2) is 41.9 Å². The monoisotopic (exact) mass is 592 g/mol. The van der Waals surface area contributed by atoms with Gasteiger partial charge >= 0.3 is 11.9 Å². The maximum absolute atomic E-state index is 13.3. The second-order valence-electron chi connectivity index (χ2n) is 5.26. The highest BCUT2D eigenvalue weighted by Gasteiger charge is 2.42. The number of hydroxylamine groups is 2. The Bertz CT molecular complexity index is 714. The highest BCUT2D eigenvalue weighted by Crippen LogP contribution is 2.55. The molecule has 1 heterocycles. The Hall–Kier alpha value is -0.200. The highest BCUT2D eigenvalue weighted by molar-refractivity contribution is 9.15. The fraction of sp³-hybridized carbons (Fsp3) is 0.385. The van der Waals surface area contributed by atoms with Crippen LogP contribution < -0.4 is 9.55 Å². The number of carboxylic acid groups (broad SMARTS) is 2. The zero-order valence-corrected chi connectivity index (χ0v) is 18.4. The van der Waals surface area contributed by atoms with Gasteiger partial charge in [0.1, 0.15) is 5.69 Å². The molecule has 0 amide bonds. The molecule has 2 N–H and O–H groups in total. The van der Waals surface area contributed by atoms with Crippen molar-refractivity contribution in [3.63, 3.8) is 0 Å². The van der Waals surface area contributed by atoms with Crippen molar-refractivity contribution in [3.8, 4) is 0 Å². The second-order valence-corrected chi connectivity index (χ2v) is 8.43. The lowest BCUT2D eigenvalue weighted by atomic mass is 10.2. The number of rotatable bonds is 6. The fourth-order valence-corrected chi connectivity index (χ4v) is 5.21. The molecule has 1 aliphatic rings. The van der Waals surface area contributed by atoms with E-state index in [1.54, 1.807) is 4.90 Å². The first-order valence-electron chi connectivity index (χ1n) is 6.71. The lowest BCUT2D eigenvalue weighted by Gasteiger charge is -2.38. The molecular weight excluding hydrogens is 584 g/mol. The summed E-state index contributed by atoms with van der Waals surface area (Å²) >= 11 is 13.7. The summed E-state index contributed by atoms with van der Waals surface area (Å²) in [6, 6.07) is 0. The molecule has 7 nitrogen and oxygen atoms in total. The molecule has 0 aromatic heterocycles. The number of benzene rings is 1. The zero-order valence-electron chi connectivity index (χ0n) is 12.1. The molecular formula is C13H12Br4N2O5. The minimum Gasteiger partial charge on any atom is -0.626 e. The van der Waals surface area contributed by atoms with Gasteiger partial charge in [-0.05, 0) is 63.7 Å². The molecule has 132 valence electrons. The summed E-state index contributed by atoms with van der Waals surface area (Å²) in [5.41, 5.74) is 0.946. The van der Waals surface area contributed by atoms with Gasteiger partial charge in [0, 0.05) is 11.0 Å².